The van der Waals surface area contributed by atoms with Gasteiger partial charge in [0.05, 0.1) is 5.69 Å². The zero-order valence-electron chi connectivity index (χ0n) is 20.4. The van der Waals surface area contributed by atoms with Gasteiger partial charge in [0.1, 0.15) is 11.6 Å². The Morgan fingerprint density at radius 2 is 1.59 bits per heavy atom. The minimum atomic E-state index is -3.90. The molecule has 0 aliphatic heterocycles. The number of carbonyl (C=O) groups excluding carboxylic acids is 1. The number of nitrogens with zero attached hydrogens (tertiary/aromatic N) is 3. The van der Waals surface area contributed by atoms with E-state index in [1.807, 2.05) is 60.5 Å². The molecule has 0 saturated carbocycles. The lowest BCUT2D eigenvalue weighted by Crippen LogP contribution is -2.20. The number of aromatic nitrogens is 2. The highest BCUT2D eigenvalue weighted by Gasteiger charge is 2.27. The van der Waals surface area contributed by atoms with Crippen LogP contribution in [0, 0.1) is 5.82 Å². The van der Waals surface area contributed by atoms with Crippen LogP contribution in [0.15, 0.2) is 23.2 Å². The average Bonchev–Trinajstić information content (AvgIpc) is 3.12. The predicted octanol–water partition coefficient (Wildman–Crippen LogP) is 4.50. The molecule has 1 aromatic heterocycles. The van der Waals surface area contributed by atoms with E-state index >= 15 is 0 Å². The van der Waals surface area contributed by atoms with Crippen molar-refractivity contribution >= 4 is 15.6 Å². The first kappa shape index (κ1) is 26.2. The van der Waals surface area contributed by atoms with E-state index in [1.54, 1.807) is 10.7 Å². The minimum absolute atomic E-state index is 0.0120. The van der Waals surface area contributed by atoms with Gasteiger partial charge < -0.3 is 4.90 Å². The quantitative estimate of drug-likeness (QED) is 0.517. The van der Waals surface area contributed by atoms with Crippen molar-refractivity contribution in [3.63, 3.8) is 0 Å². The lowest BCUT2D eigenvalue weighted by atomic mass is 9.86. The molecular weight excluding hydrogens is 429 g/mol. The number of hydrogen-bond acceptors (Lipinski definition) is 5. The van der Waals surface area contributed by atoms with Gasteiger partial charge in [0.2, 0.25) is 9.84 Å². The van der Waals surface area contributed by atoms with Gasteiger partial charge in [-0.15, -0.1) is 0 Å². The molecule has 0 bridgehead atoms. The maximum Gasteiger partial charge on any atom is 0.204 e. The topological polar surface area (TPSA) is 72.3 Å². The zero-order valence-corrected chi connectivity index (χ0v) is 21.3. The third-order valence-electron chi connectivity index (χ3n) is 5.86. The third-order valence-corrected chi connectivity index (χ3v) is 7.40. The number of carbonyl (C=O) groups is 1. The molecule has 1 aromatic carbocycles. The van der Waals surface area contributed by atoms with Crippen LogP contribution in [0.25, 0.3) is 0 Å². The first-order valence-electron chi connectivity index (χ1n) is 11.1. The summed E-state index contributed by atoms with van der Waals surface area (Å²) in [5, 5.41) is 4.19. The van der Waals surface area contributed by atoms with Crippen LogP contribution in [-0.4, -0.2) is 48.7 Å². The number of hydrogen-bond donors (Lipinski definition) is 0. The maximum atomic E-state index is 14.2. The fourth-order valence-corrected chi connectivity index (χ4v) is 5.06. The van der Waals surface area contributed by atoms with Crippen molar-refractivity contribution in [1.82, 2.24) is 14.7 Å². The van der Waals surface area contributed by atoms with Gasteiger partial charge in [-0.25, -0.2) is 12.8 Å². The Morgan fingerprint density at radius 1 is 1.06 bits per heavy atom. The van der Waals surface area contributed by atoms with E-state index in [0.717, 1.165) is 22.4 Å². The number of benzene rings is 1. The molecule has 0 fully saturated rings. The van der Waals surface area contributed by atoms with E-state index in [0.29, 0.717) is 6.54 Å². The number of sulfone groups is 1. The number of Topliss-reactive ketones (excluding diaryl/α,β-unsaturated/α-hetero) is 1. The van der Waals surface area contributed by atoms with E-state index in [1.165, 1.54) is 12.1 Å². The highest BCUT2D eigenvalue weighted by Crippen LogP contribution is 2.30. The van der Waals surface area contributed by atoms with Crippen molar-refractivity contribution in [3.05, 3.63) is 46.4 Å². The second-order valence-electron chi connectivity index (χ2n) is 9.21. The van der Waals surface area contributed by atoms with Gasteiger partial charge in [-0.2, -0.15) is 5.10 Å². The molecule has 1 atom stereocenters. The Balaban J connectivity index is 2.36. The second kappa shape index (κ2) is 10.3. The van der Waals surface area contributed by atoms with Crippen molar-refractivity contribution in [3.8, 4) is 0 Å². The molecule has 0 spiro atoms. The second-order valence-corrected chi connectivity index (χ2v) is 11.1. The van der Waals surface area contributed by atoms with Crippen LogP contribution in [0.3, 0.4) is 0 Å². The SMILES string of the molecule is CCn1nc(S(=O)(=O)CC(=O)Cc2c(C(C)C)cc(F)cc2C(C)C)cc1C(C)N(C)C. The van der Waals surface area contributed by atoms with E-state index in [4.69, 9.17) is 0 Å². The minimum Gasteiger partial charge on any atom is -0.301 e. The molecule has 178 valence electrons. The van der Waals surface area contributed by atoms with Gasteiger partial charge in [-0.1, -0.05) is 27.7 Å². The van der Waals surface area contributed by atoms with Crippen LogP contribution < -0.4 is 0 Å². The molecule has 1 heterocycles. The number of aryl methyl sites for hydroxylation is 1. The van der Waals surface area contributed by atoms with Gasteiger partial charge in [0, 0.05) is 25.1 Å². The van der Waals surface area contributed by atoms with Crippen molar-refractivity contribution in [2.75, 3.05) is 19.8 Å². The summed E-state index contributed by atoms with van der Waals surface area (Å²) in [6.45, 7) is 12.2. The van der Waals surface area contributed by atoms with Crippen LogP contribution in [0.1, 0.15) is 81.8 Å². The first-order valence-corrected chi connectivity index (χ1v) is 12.7. The molecular formula is C24H36FN3O3S. The summed E-state index contributed by atoms with van der Waals surface area (Å²) in [7, 11) is -0.0723. The Hall–Kier alpha value is -2.06. The van der Waals surface area contributed by atoms with E-state index < -0.39 is 21.4 Å². The first-order chi connectivity index (χ1) is 14.8. The van der Waals surface area contributed by atoms with Crippen LogP contribution in [0.2, 0.25) is 0 Å². The largest absolute Gasteiger partial charge is 0.301 e. The molecule has 0 radical (unpaired) electrons. The summed E-state index contributed by atoms with van der Waals surface area (Å²) in [5.74, 6) is -1.37. The number of ketones is 1. The molecule has 2 aromatic rings. The normalized spacial score (nSPS) is 13.4. The van der Waals surface area contributed by atoms with Crippen molar-refractivity contribution in [2.24, 2.45) is 0 Å². The Labute approximate surface area is 191 Å². The van der Waals surface area contributed by atoms with E-state index in [2.05, 4.69) is 5.10 Å². The van der Waals surface area contributed by atoms with Crippen LogP contribution in [0.4, 0.5) is 4.39 Å². The summed E-state index contributed by atoms with van der Waals surface area (Å²) in [5.41, 5.74) is 3.01. The lowest BCUT2D eigenvalue weighted by molar-refractivity contribution is -0.116. The summed E-state index contributed by atoms with van der Waals surface area (Å²) in [4.78, 5) is 14.9. The Morgan fingerprint density at radius 3 is 2.03 bits per heavy atom. The number of halogens is 1. The number of rotatable bonds is 10. The molecule has 0 aliphatic rings. The molecule has 32 heavy (non-hydrogen) atoms. The van der Waals surface area contributed by atoms with Gasteiger partial charge in [-0.05, 0) is 68.6 Å². The summed E-state index contributed by atoms with van der Waals surface area (Å²) in [6, 6.07) is 4.44. The lowest BCUT2D eigenvalue weighted by Gasteiger charge is -2.20. The summed E-state index contributed by atoms with van der Waals surface area (Å²) >= 11 is 0. The fourth-order valence-electron chi connectivity index (χ4n) is 3.86. The van der Waals surface area contributed by atoms with Gasteiger partial charge in [0.15, 0.2) is 10.8 Å². The van der Waals surface area contributed by atoms with Crippen LogP contribution in [-0.2, 0) is 27.6 Å². The zero-order chi connectivity index (χ0) is 24.4. The molecule has 2 rings (SSSR count). The monoisotopic (exact) mass is 465 g/mol. The molecule has 6 nitrogen and oxygen atoms in total. The molecule has 0 aliphatic carbocycles. The van der Waals surface area contributed by atoms with Gasteiger partial charge in [-0.3, -0.25) is 9.48 Å². The fraction of sp³-hybridized carbons (Fsp3) is 0.583. The highest BCUT2D eigenvalue weighted by molar-refractivity contribution is 7.92. The highest BCUT2D eigenvalue weighted by atomic mass is 32.2. The van der Waals surface area contributed by atoms with E-state index in [9.17, 15) is 17.6 Å². The van der Waals surface area contributed by atoms with Crippen molar-refractivity contribution in [2.45, 2.75) is 77.4 Å². The average molecular weight is 466 g/mol. The molecule has 1 unspecified atom stereocenters. The Kier molecular flexibility index (Phi) is 8.39. The summed E-state index contributed by atoms with van der Waals surface area (Å²) in [6.07, 6.45) is -0.0457. The third kappa shape index (κ3) is 5.84. The predicted molar refractivity (Wildman–Crippen MR) is 125 cm³/mol. The Bertz CT molecular complexity index is 1040. The maximum absolute atomic E-state index is 14.2. The molecule has 0 N–H and O–H groups in total. The molecule has 0 saturated heterocycles. The molecule has 0 amide bonds. The van der Waals surface area contributed by atoms with Crippen LogP contribution >= 0.6 is 0 Å². The van der Waals surface area contributed by atoms with Crippen LogP contribution in [0.5, 0.6) is 0 Å². The van der Waals surface area contributed by atoms with Crippen molar-refractivity contribution < 1.29 is 17.6 Å². The summed E-state index contributed by atoms with van der Waals surface area (Å²) < 4.78 is 41.9. The standard InChI is InChI=1S/C24H36FN3O3S/c1-9-28-23(17(6)27(7)8)13-24(26-28)32(30,31)14-19(29)12-22-20(15(2)3)10-18(25)11-21(22)16(4)5/h10-11,13,15-17H,9,12,14H2,1-8H3. The smallest absolute Gasteiger partial charge is 0.204 e. The van der Waals surface area contributed by atoms with Crippen molar-refractivity contribution in [1.29, 1.82) is 0 Å². The van der Waals surface area contributed by atoms with Gasteiger partial charge >= 0.3 is 0 Å². The van der Waals surface area contributed by atoms with E-state index in [-0.39, 0.29) is 35.1 Å². The molecule has 8 heteroatoms. The van der Waals surface area contributed by atoms with Gasteiger partial charge in [0.25, 0.3) is 0 Å².